The van der Waals surface area contributed by atoms with Gasteiger partial charge in [0.2, 0.25) is 0 Å². The van der Waals surface area contributed by atoms with Gasteiger partial charge in [0.1, 0.15) is 0 Å². The Hall–Kier alpha value is -1.36. The summed E-state index contributed by atoms with van der Waals surface area (Å²) in [6, 6.07) is 0.189. The summed E-state index contributed by atoms with van der Waals surface area (Å²) in [6.07, 6.45) is 3.42. The molecule has 0 spiro atoms. The van der Waals surface area contributed by atoms with E-state index in [4.69, 9.17) is 5.73 Å². The Balaban J connectivity index is 2.71. The van der Waals surface area contributed by atoms with Gasteiger partial charge in [-0.05, 0) is 33.2 Å². The molecule has 0 bridgehead atoms. The van der Waals surface area contributed by atoms with Crippen molar-refractivity contribution < 1.29 is 4.79 Å². The summed E-state index contributed by atoms with van der Waals surface area (Å²) < 4.78 is 1.83. The molecule has 5 heteroatoms. The first kappa shape index (κ1) is 13.7. The number of amides is 1. The number of nitrogens with two attached hydrogens (primary N) is 1. The molecule has 96 valence electrons. The Morgan fingerprint density at radius 3 is 2.94 bits per heavy atom. The Bertz CT molecular complexity index is 373. The Morgan fingerprint density at radius 1 is 1.65 bits per heavy atom. The molecule has 0 aliphatic carbocycles. The van der Waals surface area contributed by atoms with Gasteiger partial charge in [0, 0.05) is 18.3 Å². The molecule has 0 radical (unpaired) electrons. The summed E-state index contributed by atoms with van der Waals surface area (Å²) in [7, 11) is 0. The molecule has 1 heterocycles. The molecule has 0 aromatic carbocycles. The average molecular weight is 238 g/mol. The highest BCUT2D eigenvalue weighted by Gasteiger charge is 2.15. The number of aryl methyl sites for hydroxylation is 1. The van der Waals surface area contributed by atoms with Crippen molar-refractivity contribution in [2.24, 2.45) is 5.73 Å². The van der Waals surface area contributed by atoms with Crippen LogP contribution < -0.4 is 11.1 Å². The smallest absolute Gasteiger partial charge is 0.254 e. The van der Waals surface area contributed by atoms with Crippen LogP contribution in [0.1, 0.15) is 42.7 Å². The number of nitrogens with one attached hydrogen (secondary N) is 1. The minimum Gasteiger partial charge on any atom is -0.349 e. The number of hydrogen-bond acceptors (Lipinski definition) is 3. The molecule has 1 rings (SSSR count). The summed E-state index contributed by atoms with van der Waals surface area (Å²) in [5.41, 5.74) is 7.01. The quantitative estimate of drug-likeness (QED) is 0.778. The van der Waals surface area contributed by atoms with Gasteiger partial charge in [0.05, 0.1) is 11.8 Å². The van der Waals surface area contributed by atoms with Gasteiger partial charge in [-0.2, -0.15) is 5.10 Å². The van der Waals surface area contributed by atoms with Crippen LogP contribution in [0.15, 0.2) is 6.20 Å². The lowest BCUT2D eigenvalue weighted by molar-refractivity contribution is 0.0938. The summed E-state index contributed by atoms with van der Waals surface area (Å²) in [6.45, 7) is 7.34. The van der Waals surface area contributed by atoms with Gasteiger partial charge in [-0.15, -0.1) is 0 Å². The number of carbonyl (C=O) groups excluding carboxylic acids is 1. The predicted molar refractivity (Wildman–Crippen MR) is 67.9 cm³/mol. The molecular formula is C12H22N4O. The fraction of sp³-hybridized carbons (Fsp3) is 0.667. The maximum atomic E-state index is 11.9. The van der Waals surface area contributed by atoms with E-state index < -0.39 is 0 Å². The molecule has 17 heavy (non-hydrogen) atoms. The summed E-state index contributed by atoms with van der Waals surface area (Å²) >= 11 is 0. The molecule has 5 nitrogen and oxygen atoms in total. The first-order valence-electron chi connectivity index (χ1n) is 6.13. The lowest BCUT2D eigenvalue weighted by Crippen LogP contribution is -2.32. The fourth-order valence-corrected chi connectivity index (χ4v) is 1.54. The molecule has 3 N–H and O–H groups in total. The molecule has 0 aliphatic heterocycles. The van der Waals surface area contributed by atoms with Crippen molar-refractivity contribution in [2.75, 3.05) is 6.54 Å². The van der Waals surface area contributed by atoms with E-state index in [-0.39, 0.29) is 11.9 Å². The standard InChI is InChI=1S/C12H22N4O/c1-4-9(2)15-12(17)11-8-14-16(10(11)3)7-5-6-13/h8-9H,4-7,13H2,1-3H3,(H,15,17). The maximum Gasteiger partial charge on any atom is 0.254 e. The minimum atomic E-state index is -0.0455. The largest absolute Gasteiger partial charge is 0.349 e. The van der Waals surface area contributed by atoms with Crippen LogP contribution in [0.4, 0.5) is 0 Å². The van der Waals surface area contributed by atoms with E-state index in [0.717, 1.165) is 25.1 Å². The second-order valence-electron chi connectivity index (χ2n) is 4.29. The van der Waals surface area contributed by atoms with Gasteiger partial charge in [-0.1, -0.05) is 6.92 Å². The lowest BCUT2D eigenvalue weighted by atomic mass is 10.2. The third-order valence-corrected chi connectivity index (χ3v) is 2.91. The molecule has 1 atom stereocenters. The molecule has 1 aromatic rings. The van der Waals surface area contributed by atoms with Crippen molar-refractivity contribution in [2.45, 2.75) is 46.2 Å². The van der Waals surface area contributed by atoms with Gasteiger partial charge >= 0.3 is 0 Å². The highest BCUT2D eigenvalue weighted by Crippen LogP contribution is 2.08. The van der Waals surface area contributed by atoms with Gasteiger partial charge in [0.25, 0.3) is 5.91 Å². The van der Waals surface area contributed by atoms with Crippen LogP contribution in [0.5, 0.6) is 0 Å². The van der Waals surface area contributed by atoms with Crippen molar-refractivity contribution in [3.05, 3.63) is 17.5 Å². The highest BCUT2D eigenvalue weighted by atomic mass is 16.1. The summed E-state index contributed by atoms with van der Waals surface area (Å²) in [5.74, 6) is -0.0455. The highest BCUT2D eigenvalue weighted by molar-refractivity contribution is 5.95. The molecule has 1 unspecified atom stereocenters. The fourth-order valence-electron chi connectivity index (χ4n) is 1.54. The SMILES string of the molecule is CCC(C)NC(=O)c1cnn(CCCN)c1C. The predicted octanol–water partition coefficient (Wildman–Crippen LogP) is 1.07. The minimum absolute atomic E-state index is 0.0455. The first-order chi connectivity index (χ1) is 8.10. The zero-order valence-electron chi connectivity index (χ0n) is 10.9. The van der Waals surface area contributed by atoms with Crippen LogP contribution in [0.25, 0.3) is 0 Å². The number of rotatable bonds is 6. The molecule has 1 aromatic heterocycles. The van der Waals surface area contributed by atoms with Gasteiger partial charge in [0.15, 0.2) is 0 Å². The number of carbonyl (C=O) groups is 1. The van der Waals surface area contributed by atoms with E-state index in [0.29, 0.717) is 12.1 Å². The van der Waals surface area contributed by atoms with Crippen LogP contribution >= 0.6 is 0 Å². The van der Waals surface area contributed by atoms with E-state index in [1.807, 2.05) is 25.5 Å². The Kier molecular flexibility index (Phi) is 5.15. The normalized spacial score (nSPS) is 12.5. The van der Waals surface area contributed by atoms with Crippen molar-refractivity contribution in [1.82, 2.24) is 15.1 Å². The molecule has 1 amide bonds. The number of aromatic nitrogens is 2. The molecule has 0 aliphatic rings. The second kappa shape index (κ2) is 6.39. The van der Waals surface area contributed by atoms with Crippen molar-refractivity contribution in [3.63, 3.8) is 0 Å². The Labute approximate surface area is 102 Å². The molecular weight excluding hydrogens is 216 g/mol. The molecule has 0 saturated heterocycles. The molecule has 0 saturated carbocycles. The first-order valence-corrected chi connectivity index (χ1v) is 6.13. The monoisotopic (exact) mass is 238 g/mol. The van der Waals surface area contributed by atoms with Gasteiger partial charge in [-0.3, -0.25) is 9.48 Å². The summed E-state index contributed by atoms with van der Waals surface area (Å²) in [4.78, 5) is 11.9. The zero-order chi connectivity index (χ0) is 12.8. The average Bonchev–Trinajstić information content (AvgIpc) is 2.67. The van der Waals surface area contributed by atoms with Crippen molar-refractivity contribution in [1.29, 1.82) is 0 Å². The van der Waals surface area contributed by atoms with Crippen molar-refractivity contribution in [3.8, 4) is 0 Å². The zero-order valence-corrected chi connectivity index (χ0v) is 10.9. The third kappa shape index (κ3) is 3.56. The summed E-state index contributed by atoms with van der Waals surface area (Å²) in [5, 5.41) is 7.15. The maximum absolute atomic E-state index is 11.9. The van der Waals surface area contributed by atoms with Gasteiger partial charge in [-0.25, -0.2) is 0 Å². The van der Waals surface area contributed by atoms with Crippen LogP contribution in [-0.4, -0.2) is 28.3 Å². The van der Waals surface area contributed by atoms with Crippen LogP contribution in [0.3, 0.4) is 0 Å². The Morgan fingerprint density at radius 2 is 2.35 bits per heavy atom. The number of nitrogens with zero attached hydrogens (tertiary/aromatic N) is 2. The van der Waals surface area contributed by atoms with E-state index in [9.17, 15) is 4.79 Å². The van der Waals surface area contributed by atoms with E-state index in [1.54, 1.807) is 6.20 Å². The molecule has 0 fully saturated rings. The lowest BCUT2D eigenvalue weighted by Gasteiger charge is -2.11. The third-order valence-electron chi connectivity index (χ3n) is 2.91. The topological polar surface area (TPSA) is 72.9 Å². The van der Waals surface area contributed by atoms with Crippen molar-refractivity contribution >= 4 is 5.91 Å². The van der Waals surface area contributed by atoms with Crippen LogP contribution in [0, 0.1) is 6.92 Å². The van der Waals surface area contributed by atoms with E-state index >= 15 is 0 Å². The van der Waals surface area contributed by atoms with Crippen LogP contribution in [0.2, 0.25) is 0 Å². The van der Waals surface area contributed by atoms with Crippen LogP contribution in [-0.2, 0) is 6.54 Å². The van der Waals surface area contributed by atoms with E-state index in [2.05, 4.69) is 10.4 Å². The number of hydrogen-bond donors (Lipinski definition) is 2. The van der Waals surface area contributed by atoms with E-state index in [1.165, 1.54) is 0 Å². The van der Waals surface area contributed by atoms with Gasteiger partial charge < -0.3 is 11.1 Å². The second-order valence-corrected chi connectivity index (χ2v) is 4.29.